The smallest absolute Gasteiger partial charge is 0.207 e. The Morgan fingerprint density at radius 3 is 2.31 bits per heavy atom. The van der Waals surface area contributed by atoms with Gasteiger partial charge in [-0.1, -0.05) is 40.9 Å². The van der Waals surface area contributed by atoms with Crippen molar-refractivity contribution < 1.29 is 4.39 Å². The minimum Gasteiger partial charge on any atom is -0.207 e. The highest BCUT2D eigenvalue weighted by Gasteiger charge is 2.08. The number of hydrogen-bond donors (Lipinski definition) is 0. The topological polar surface area (TPSA) is 12.9 Å². The second kappa shape index (κ2) is 4.58. The van der Waals surface area contributed by atoms with Gasteiger partial charge >= 0.3 is 0 Å². The van der Waals surface area contributed by atoms with E-state index in [1.165, 1.54) is 6.07 Å². The van der Waals surface area contributed by atoms with E-state index in [0.29, 0.717) is 21.2 Å². The molecular formula is C11H5Cl3FN. The van der Waals surface area contributed by atoms with Crippen LogP contribution in [-0.4, -0.2) is 4.98 Å². The molecule has 0 amide bonds. The summed E-state index contributed by atoms with van der Waals surface area (Å²) in [6, 6.07) is 7.92. The Labute approximate surface area is 107 Å². The lowest BCUT2D eigenvalue weighted by Gasteiger charge is -2.04. The summed E-state index contributed by atoms with van der Waals surface area (Å²) in [5, 5.41) is 0.905. The summed E-state index contributed by atoms with van der Waals surface area (Å²) in [5.74, 6) is -0.633. The maximum atomic E-state index is 13.5. The summed E-state index contributed by atoms with van der Waals surface area (Å²) in [6.07, 6.45) is 0. The summed E-state index contributed by atoms with van der Waals surface area (Å²) in [6.45, 7) is 0. The molecule has 2 aromatic rings. The number of halogens is 4. The average molecular weight is 277 g/mol. The SMILES string of the molecule is Fc1nc(Cl)ccc1-c1ccc(Cl)c(Cl)c1. The number of pyridine rings is 1. The van der Waals surface area contributed by atoms with Crippen molar-refractivity contribution in [1.29, 1.82) is 0 Å². The van der Waals surface area contributed by atoms with Gasteiger partial charge in [-0.2, -0.15) is 4.39 Å². The molecule has 0 saturated heterocycles. The van der Waals surface area contributed by atoms with Crippen LogP contribution in [0.15, 0.2) is 30.3 Å². The fourth-order valence-corrected chi connectivity index (χ4v) is 1.73. The van der Waals surface area contributed by atoms with Gasteiger partial charge in [0.15, 0.2) is 0 Å². The lowest BCUT2D eigenvalue weighted by Crippen LogP contribution is -1.89. The van der Waals surface area contributed by atoms with Crippen LogP contribution in [0, 0.1) is 5.95 Å². The van der Waals surface area contributed by atoms with E-state index >= 15 is 0 Å². The van der Waals surface area contributed by atoms with Crippen LogP contribution < -0.4 is 0 Å². The van der Waals surface area contributed by atoms with Crippen LogP contribution in [0.2, 0.25) is 15.2 Å². The largest absolute Gasteiger partial charge is 0.222 e. The highest BCUT2D eigenvalue weighted by atomic mass is 35.5. The second-order valence-corrected chi connectivity index (χ2v) is 4.30. The molecule has 5 heteroatoms. The first-order valence-electron chi connectivity index (χ1n) is 4.35. The molecule has 0 N–H and O–H groups in total. The quantitative estimate of drug-likeness (QED) is 0.679. The third-order valence-electron chi connectivity index (χ3n) is 2.05. The first kappa shape index (κ1) is 11.6. The maximum absolute atomic E-state index is 13.5. The molecule has 0 aliphatic rings. The van der Waals surface area contributed by atoms with E-state index < -0.39 is 5.95 Å². The summed E-state index contributed by atoms with van der Waals surface area (Å²) < 4.78 is 13.5. The van der Waals surface area contributed by atoms with Gasteiger partial charge in [-0.05, 0) is 29.8 Å². The van der Waals surface area contributed by atoms with Gasteiger partial charge in [-0.3, -0.25) is 0 Å². The zero-order valence-electron chi connectivity index (χ0n) is 7.85. The molecule has 82 valence electrons. The number of rotatable bonds is 1. The zero-order valence-corrected chi connectivity index (χ0v) is 10.1. The van der Waals surface area contributed by atoms with Crippen molar-refractivity contribution in [3.63, 3.8) is 0 Å². The van der Waals surface area contributed by atoms with Crippen LogP contribution in [0.3, 0.4) is 0 Å². The fraction of sp³-hybridized carbons (Fsp3) is 0. The highest BCUT2D eigenvalue weighted by Crippen LogP contribution is 2.29. The van der Waals surface area contributed by atoms with Gasteiger partial charge in [0.2, 0.25) is 5.95 Å². The normalized spacial score (nSPS) is 10.5. The molecule has 1 nitrogen and oxygen atoms in total. The third-order valence-corrected chi connectivity index (χ3v) is 2.99. The number of benzene rings is 1. The van der Waals surface area contributed by atoms with Crippen LogP contribution in [0.25, 0.3) is 11.1 Å². The van der Waals surface area contributed by atoms with Crippen molar-refractivity contribution >= 4 is 34.8 Å². The Kier molecular flexibility index (Phi) is 3.33. The molecule has 2 rings (SSSR count). The fourth-order valence-electron chi connectivity index (χ4n) is 1.29. The highest BCUT2D eigenvalue weighted by molar-refractivity contribution is 6.42. The molecule has 0 aliphatic carbocycles. The van der Waals surface area contributed by atoms with E-state index in [-0.39, 0.29) is 5.15 Å². The molecule has 0 spiro atoms. The lowest BCUT2D eigenvalue weighted by molar-refractivity contribution is 0.588. The molecule has 0 aliphatic heterocycles. The maximum Gasteiger partial charge on any atom is 0.222 e. The molecular weight excluding hydrogens is 271 g/mol. The summed E-state index contributed by atoms with van der Waals surface area (Å²) in [7, 11) is 0. The number of aromatic nitrogens is 1. The van der Waals surface area contributed by atoms with E-state index in [1.54, 1.807) is 24.3 Å². The predicted octanol–water partition coefficient (Wildman–Crippen LogP) is 4.85. The number of nitrogens with zero attached hydrogens (tertiary/aromatic N) is 1. The van der Waals surface area contributed by atoms with E-state index in [2.05, 4.69) is 4.98 Å². The summed E-state index contributed by atoms with van der Waals surface area (Å²) in [4.78, 5) is 3.52. The monoisotopic (exact) mass is 275 g/mol. The Morgan fingerprint density at radius 1 is 0.938 bits per heavy atom. The van der Waals surface area contributed by atoms with Gasteiger partial charge < -0.3 is 0 Å². The van der Waals surface area contributed by atoms with E-state index in [1.807, 2.05) is 0 Å². The third kappa shape index (κ3) is 2.29. The Hall–Kier alpha value is -0.830. The summed E-state index contributed by atoms with van der Waals surface area (Å²) in [5.41, 5.74) is 0.944. The zero-order chi connectivity index (χ0) is 11.7. The van der Waals surface area contributed by atoms with Gasteiger partial charge in [-0.15, -0.1) is 0 Å². The van der Waals surface area contributed by atoms with Gasteiger partial charge in [-0.25, -0.2) is 4.98 Å². The first-order chi connectivity index (χ1) is 7.58. The predicted molar refractivity (Wildman–Crippen MR) is 64.7 cm³/mol. The van der Waals surface area contributed by atoms with Crippen molar-refractivity contribution in [2.24, 2.45) is 0 Å². The molecule has 1 aromatic carbocycles. The van der Waals surface area contributed by atoms with Crippen molar-refractivity contribution in [2.45, 2.75) is 0 Å². The molecule has 0 unspecified atom stereocenters. The molecule has 0 fully saturated rings. The van der Waals surface area contributed by atoms with Crippen molar-refractivity contribution in [3.05, 3.63) is 51.5 Å². The van der Waals surface area contributed by atoms with Crippen molar-refractivity contribution in [3.8, 4) is 11.1 Å². The molecule has 0 atom stereocenters. The van der Waals surface area contributed by atoms with Gasteiger partial charge in [0.25, 0.3) is 0 Å². The average Bonchev–Trinajstić information content (AvgIpc) is 2.22. The van der Waals surface area contributed by atoms with Crippen LogP contribution in [0.5, 0.6) is 0 Å². The minimum absolute atomic E-state index is 0.112. The van der Waals surface area contributed by atoms with Gasteiger partial charge in [0.05, 0.1) is 10.0 Å². The molecule has 0 saturated carbocycles. The Bertz CT molecular complexity index is 543. The number of hydrogen-bond acceptors (Lipinski definition) is 1. The van der Waals surface area contributed by atoms with Gasteiger partial charge in [0.1, 0.15) is 5.15 Å². The molecule has 1 aromatic heterocycles. The Balaban J connectivity index is 2.54. The van der Waals surface area contributed by atoms with Crippen LogP contribution >= 0.6 is 34.8 Å². The molecule has 0 radical (unpaired) electrons. The van der Waals surface area contributed by atoms with Crippen LogP contribution in [0.1, 0.15) is 0 Å². The minimum atomic E-state index is -0.633. The van der Waals surface area contributed by atoms with Crippen molar-refractivity contribution in [1.82, 2.24) is 4.98 Å². The molecule has 16 heavy (non-hydrogen) atoms. The second-order valence-electron chi connectivity index (χ2n) is 3.10. The standard InChI is InChI=1S/C11H5Cl3FN/c12-8-3-1-6(5-9(8)13)7-2-4-10(14)16-11(7)15/h1-5H. The summed E-state index contributed by atoms with van der Waals surface area (Å²) >= 11 is 17.2. The molecule has 1 heterocycles. The molecule has 0 bridgehead atoms. The van der Waals surface area contributed by atoms with Crippen LogP contribution in [-0.2, 0) is 0 Å². The van der Waals surface area contributed by atoms with E-state index in [4.69, 9.17) is 34.8 Å². The van der Waals surface area contributed by atoms with Gasteiger partial charge in [0, 0.05) is 5.56 Å². The van der Waals surface area contributed by atoms with E-state index in [9.17, 15) is 4.39 Å². The lowest BCUT2D eigenvalue weighted by atomic mass is 10.1. The van der Waals surface area contributed by atoms with E-state index in [0.717, 1.165) is 0 Å². The van der Waals surface area contributed by atoms with Crippen molar-refractivity contribution in [2.75, 3.05) is 0 Å². The first-order valence-corrected chi connectivity index (χ1v) is 5.49. The van der Waals surface area contributed by atoms with Crippen LogP contribution in [0.4, 0.5) is 4.39 Å². The Morgan fingerprint density at radius 2 is 1.69 bits per heavy atom.